The van der Waals surface area contributed by atoms with Crippen molar-refractivity contribution >= 4 is 5.91 Å². The van der Waals surface area contributed by atoms with E-state index in [0.29, 0.717) is 19.4 Å². The number of aryl methyl sites for hydroxylation is 1. The molecule has 2 N–H and O–H groups in total. The quantitative estimate of drug-likeness (QED) is 0.875. The molecule has 1 amide bonds. The number of likely N-dealkylation sites (tertiary alicyclic amines) is 1. The van der Waals surface area contributed by atoms with Gasteiger partial charge in [0.2, 0.25) is 5.91 Å². The number of benzene rings is 1. The molecule has 6 heteroatoms. The Morgan fingerprint density at radius 2 is 2.10 bits per heavy atom. The van der Waals surface area contributed by atoms with Crippen LogP contribution in [0.1, 0.15) is 24.8 Å². The van der Waals surface area contributed by atoms with Gasteiger partial charge in [0.25, 0.3) is 0 Å². The second-order valence-electron chi connectivity index (χ2n) is 5.14. The van der Waals surface area contributed by atoms with Crippen molar-refractivity contribution in [2.45, 2.75) is 38.3 Å². The summed E-state index contributed by atoms with van der Waals surface area (Å²) in [6, 6.07) is 6.55. The molecule has 0 saturated carbocycles. The van der Waals surface area contributed by atoms with E-state index in [4.69, 9.17) is 5.73 Å². The van der Waals surface area contributed by atoms with E-state index in [1.54, 1.807) is 12.1 Å². The number of hydrogen-bond acceptors (Lipinski definition) is 3. The van der Waals surface area contributed by atoms with Gasteiger partial charge in [0.05, 0.1) is 0 Å². The van der Waals surface area contributed by atoms with E-state index in [1.807, 2.05) is 4.90 Å². The van der Waals surface area contributed by atoms with Crippen molar-refractivity contribution in [2.24, 2.45) is 5.73 Å². The van der Waals surface area contributed by atoms with Crippen LogP contribution in [0.5, 0.6) is 5.75 Å². The van der Waals surface area contributed by atoms with Gasteiger partial charge in [0.15, 0.2) is 0 Å². The number of rotatable bonds is 6. The summed E-state index contributed by atoms with van der Waals surface area (Å²) >= 11 is 0. The molecule has 1 unspecified atom stereocenters. The molecule has 1 aromatic carbocycles. The van der Waals surface area contributed by atoms with Gasteiger partial charge in [-0.3, -0.25) is 4.79 Å². The third-order valence-corrected chi connectivity index (χ3v) is 3.75. The van der Waals surface area contributed by atoms with Gasteiger partial charge in [-0.15, -0.1) is 0 Å². The molecule has 0 radical (unpaired) electrons. The van der Waals surface area contributed by atoms with Crippen LogP contribution in [0.2, 0.25) is 0 Å². The van der Waals surface area contributed by atoms with Crippen molar-refractivity contribution in [1.29, 1.82) is 0 Å². The number of amides is 1. The average molecular weight is 298 g/mol. The molecule has 116 valence electrons. The minimum atomic E-state index is -2.82. The van der Waals surface area contributed by atoms with Crippen LogP contribution >= 0.6 is 0 Å². The Labute approximate surface area is 122 Å². The van der Waals surface area contributed by atoms with Gasteiger partial charge in [0.1, 0.15) is 5.75 Å². The molecule has 1 heterocycles. The summed E-state index contributed by atoms with van der Waals surface area (Å²) in [4.78, 5) is 14.0. The van der Waals surface area contributed by atoms with Crippen LogP contribution in [0, 0.1) is 0 Å². The fourth-order valence-corrected chi connectivity index (χ4v) is 2.64. The van der Waals surface area contributed by atoms with Crippen LogP contribution < -0.4 is 10.5 Å². The number of halogens is 2. The van der Waals surface area contributed by atoms with Crippen molar-refractivity contribution in [3.63, 3.8) is 0 Å². The second-order valence-corrected chi connectivity index (χ2v) is 5.14. The van der Waals surface area contributed by atoms with Crippen LogP contribution in [-0.2, 0) is 11.2 Å². The molecule has 1 aliphatic rings. The zero-order valence-electron chi connectivity index (χ0n) is 11.8. The van der Waals surface area contributed by atoms with Gasteiger partial charge in [0, 0.05) is 25.6 Å². The second kappa shape index (κ2) is 7.36. The zero-order chi connectivity index (χ0) is 15.2. The lowest BCUT2D eigenvalue weighted by Gasteiger charge is -2.23. The number of carbonyl (C=O) groups is 1. The first-order valence-electron chi connectivity index (χ1n) is 7.13. The Bertz CT molecular complexity index is 465. The topological polar surface area (TPSA) is 55.6 Å². The van der Waals surface area contributed by atoms with E-state index >= 15 is 0 Å². The largest absolute Gasteiger partial charge is 0.435 e. The van der Waals surface area contributed by atoms with Crippen molar-refractivity contribution in [3.8, 4) is 5.75 Å². The molecule has 0 bridgehead atoms. The number of alkyl halides is 2. The van der Waals surface area contributed by atoms with Crippen molar-refractivity contribution in [2.75, 3.05) is 13.1 Å². The van der Waals surface area contributed by atoms with Gasteiger partial charge < -0.3 is 15.4 Å². The highest BCUT2D eigenvalue weighted by Crippen LogP contribution is 2.19. The summed E-state index contributed by atoms with van der Waals surface area (Å²) in [5.74, 6) is 0.235. The summed E-state index contributed by atoms with van der Waals surface area (Å²) in [5, 5.41) is 0. The van der Waals surface area contributed by atoms with Crippen molar-refractivity contribution in [3.05, 3.63) is 29.8 Å². The van der Waals surface area contributed by atoms with Crippen LogP contribution in [0.25, 0.3) is 0 Å². The summed E-state index contributed by atoms with van der Waals surface area (Å²) in [6.07, 6.45) is 2.97. The third-order valence-electron chi connectivity index (χ3n) is 3.75. The monoisotopic (exact) mass is 298 g/mol. The van der Waals surface area contributed by atoms with Crippen LogP contribution in [0.3, 0.4) is 0 Å². The number of ether oxygens (including phenoxy) is 1. The molecule has 0 aliphatic carbocycles. The molecule has 1 aromatic rings. The Morgan fingerprint density at radius 3 is 2.71 bits per heavy atom. The summed E-state index contributed by atoms with van der Waals surface area (Å²) in [6.45, 7) is -1.53. The maximum Gasteiger partial charge on any atom is 0.387 e. The first-order chi connectivity index (χ1) is 10.1. The van der Waals surface area contributed by atoms with Gasteiger partial charge in [-0.05, 0) is 37.0 Å². The predicted molar refractivity (Wildman–Crippen MR) is 75.2 cm³/mol. The fraction of sp³-hybridized carbons (Fsp3) is 0.533. The number of carbonyl (C=O) groups excluding carboxylic acids is 1. The fourth-order valence-electron chi connectivity index (χ4n) is 2.64. The molecule has 0 spiro atoms. The van der Waals surface area contributed by atoms with E-state index in [1.165, 1.54) is 12.1 Å². The van der Waals surface area contributed by atoms with E-state index in [9.17, 15) is 13.6 Å². The van der Waals surface area contributed by atoms with E-state index in [-0.39, 0.29) is 17.7 Å². The maximum atomic E-state index is 12.1. The van der Waals surface area contributed by atoms with Crippen LogP contribution in [0.15, 0.2) is 24.3 Å². The minimum Gasteiger partial charge on any atom is -0.435 e. The highest BCUT2D eigenvalue weighted by atomic mass is 19.3. The first-order valence-corrected chi connectivity index (χ1v) is 7.13. The number of nitrogens with two attached hydrogens (primary N) is 1. The van der Waals surface area contributed by atoms with Gasteiger partial charge in [-0.25, -0.2) is 0 Å². The standard InChI is InChI=1S/C15H20F2N2O2/c16-15(17)21-13-6-3-11(4-7-13)5-8-14(20)19-9-1-2-12(19)10-18/h3-4,6-7,12,15H,1-2,5,8-10,18H2. The van der Waals surface area contributed by atoms with E-state index in [2.05, 4.69) is 4.74 Å². The Morgan fingerprint density at radius 1 is 1.38 bits per heavy atom. The minimum absolute atomic E-state index is 0.107. The van der Waals surface area contributed by atoms with E-state index in [0.717, 1.165) is 24.9 Å². The number of nitrogens with zero attached hydrogens (tertiary/aromatic N) is 1. The normalized spacial score (nSPS) is 18.3. The molecule has 0 aromatic heterocycles. The first kappa shape index (κ1) is 15.7. The molecular weight excluding hydrogens is 278 g/mol. The van der Waals surface area contributed by atoms with E-state index < -0.39 is 6.61 Å². The van der Waals surface area contributed by atoms with Crippen molar-refractivity contribution < 1.29 is 18.3 Å². The molecule has 1 saturated heterocycles. The zero-order valence-corrected chi connectivity index (χ0v) is 11.8. The highest BCUT2D eigenvalue weighted by molar-refractivity contribution is 5.77. The maximum absolute atomic E-state index is 12.1. The Kier molecular flexibility index (Phi) is 5.50. The van der Waals surface area contributed by atoms with Crippen LogP contribution in [-0.4, -0.2) is 36.5 Å². The Hall–Kier alpha value is -1.69. The lowest BCUT2D eigenvalue weighted by atomic mass is 10.1. The molecule has 1 atom stereocenters. The lowest BCUT2D eigenvalue weighted by Crippen LogP contribution is -2.39. The third kappa shape index (κ3) is 4.39. The smallest absolute Gasteiger partial charge is 0.387 e. The molecule has 2 rings (SSSR count). The molecule has 21 heavy (non-hydrogen) atoms. The molecular formula is C15H20F2N2O2. The average Bonchev–Trinajstić information content (AvgIpc) is 2.94. The summed E-state index contributed by atoms with van der Waals surface area (Å²) in [5.41, 5.74) is 6.58. The van der Waals surface area contributed by atoms with Gasteiger partial charge >= 0.3 is 6.61 Å². The predicted octanol–water partition coefficient (Wildman–Crippen LogP) is 2.17. The van der Waals surface area contributed by atoms with Crippen molar-refractivity contribution in [1.82, 2.24) is 4.90 Å². The summed E-state index contributed by atoms with van der Waals surface area (Å²) in [7, 11) is 0. The lowest BCUT2D eigenvalue weighted by molar-refractivity contribution is -0.131. The SMILES string of the molecule is NCC1CCCN1C(=O)CCc1ccc(OC(F)F)cc1. The van der Waals surface area contributed by atoms with Gasteiger partial charge in [-0.1, -0.05) is 12.1 Å². The van der Waals surface area contributed by atoms with Crippen LogP contribution in [0.4, 0.5) is 8.78 Å². The highest BCUT2D eigenvalue weighted by Gasteiger charge is 2.26. The molecule has 1 aliphatic heterocycles. The summed E-state index contributed by atoms with van der Waals surface area (Å²) < 4.78 is 28.4. The molecule has 1 fully saturated rings. The number of hydrogen-bond donors (Lipinski definition) is 1. The van der Waals surface area contributed by atoms with Gasteiger partial charge in [-0.2, -0.15) is 8.78 Å². The molecule has 4 nitrogen and oxygen atoms in total. The Balaban J connectivity index is 1.83.